The van der Waals surface area contributed by atoms with E-state index < -0.39 is 0 Å². The highest BCUT2D eigenvalue weighted by molar-refractivity contribution is 5.82. The molecule has 4 unspecified atom stereocenters. The molecule has 1 aliphatic heterocycles. The number of piperidine rings is 1. The Kier molecular flexibility index (Phi) is 4.83. The van der Waals surface area contributed by atoms with Crippen LogP contribution >= 0.6 is 0 Å². The number of Topliss-reactive ketones (excluding diaryl/α,β-unsaturated/α-hetero) is 1. The van der Waals surface area contributed by atoms with Crippen molar-refractivity contribution in [3.63, 3.8) is 0 Å². The number of rotatable bonds is 3. The summed E-state index contributed by atoms with van der Waals surface area (Å²) in [6, 6.07) is 0.470. The van der Waals surface area contributed by atoms with Crippen LogP contribution in [-0.4, -0.2) is 18.4 Å². The van der Waals surface area contributed by atoms with Gasteiger partial charge in [-0.25, -0.2) is 0 Å². The van der Waals surface area contributed by atoms with Crippen molar-refractivity contribution >= 4 is 5.78 Å². The van der Waals surface area contributed by atoms with E-state index in [2.05, 4.69) is 26.1 Å². The van der Waals surface area contributed by atoms with E-state index in [-0.39, 0.29) is 0 Å². The molecule has 104 valence electrons. The Balaban J connectivity index is 1.98. The molecule has 0 aromatic rings. The summed E-state index contributed by atoms with van der Waals surface area (Å²) in [6.07, 6.45) is 6.86. The average molecular weight is 251 g/mol. The lowest BCUT2D eigenvalue weighted by Gasteiger charge is -2.39. The van der Waals surface area contributed by atoms with E-state index in [1.54, 1.807) is 0 Å². The minimum atomic E-state index is 0.306. The molecule has 1 saturated carbocycles. The van der Waals surface area contributed by atoms with Crippen LogP contribution < -0.4 is 5.32 Å². The molecule has 1 aliphatic carbocycles. The summed E-state index contributed by atoms with van der Waals surface area (Å²) >= 11 is 0. The maximum Gasteiger partial charge on any atom is 0.137 e. The van der Waals surface area contributed by atoms with E-state index in [4.69, 9.17) is 0 Å². The largest absolute Gasteiger partial charge is 0.313 e. The van der Waals surface area contributed by atoms with Gasteiger partial charge in [0.05, 0.1) is 0 Å². The summed E-state index contributed by atoms with van der Waals surface area (Å²) in [6.45, 7) is 8.01. The minimum Gasteiger partial charge on any atom is -0.313 e. The van der Waals surface area contributed by atoms with Crippen molar-refractivity contribution in [1.29, 1.82) is 0 Å². The zero-order valence-corrected chi connectivity index (χ0v) is 12.2. The van der Waals surface area contributed by atoms with Crippen molar-refractivity contribution in [2.45, 2.75) is 65.3 Å². The van der Waals surface area contributed by atoms with Crippen molar-refractivity contribution < 1.29 is 4.79 Å². The quantitative estimate of drug-likeness (QED) is 0.833. The van der Waals surface area contributed by atoms with Crippen LogP contribution in [0.25, 0.3) is 0 Å². The van der Waals surface area contributed by atoms with Crippen LogP contribution in [0.5, 0.6) is 0 Å². The Labute approximate surface area is 112 Å². The van der Waals surface area contributed by atoms with Gasteiger partial charge in [-0.2, -0.15) is 0 Å². The first-order chi connectivity index (χ1) is 8.61. The molecule has 0 aromatic carbocycles. The van der Waals surface area contributed by atoms with Crippen LogP contribution in [-0.2, 0) is 4.79 Å². The normalized spacial score (nSPS) is 38.1. The molecule has 0 amide bonds. The fourth-order valence-electron chi connectivity index (χ4n) is 3.79. The molecule has 2 nitrogen and oxygen atoms in total. The van der Waals surface area contributed by atoms with E-state index >= 15 is 0 Å². The third-order valence-electron chi connectivity index (χ3n) is 5.28. The number of carbonyl (C=O) groups excluding carboxylic acids is 1. The molecule has 0 spiro atoms. The van der Waals surface area contributed by atoms with Crippen molar-refractivity contribution in [1.82, 2.24) is 5.32 Å². The second-order valence-corrected chi connectivity index (χ2v) is 6.71. The monoisotopic (exact) mass is 251 g/mol. The van der Waals surface area contributed by atoms with E-state index in [0.717, 1.165) is 43.6 Å². The molecular formula is C16H29NO. The number of ketones is 1. The van der Waals surface area contributed by atoms with Crippen LogP contribution in [0, 0.1) is 23.7 Å². The predicted molar refractivity (Wildman–Crippen MR) is 75.5 cm³/mol. The lowest BCUT2D eigenvalue weighted by Crippen LogP contribution is -2.47. The van der Waals surface area contributed by atoms with Crippen molar-refractivity contribution in [3.8, 4) is 0 Å². The van der Waals surface area contributed by atoms with Gasteiger partial charge in [0, 0.05) is 18.4 Å². The molecule has 2 fully saturated rings. The maximum absolute atomic E-state index is 12.2. The fourth-order valence-corrected chi connectivity index (χ4v) is 3.79. The van der Waals surface area contributed by atoms with Crippen LogP contribution in [0.4, 0.5) is 0 Å². The van der Waals surface area contributed by atoms with Gasteiger partial charge >= 0.3 is 0 Å². The van der Waals surface area contributed by atoms with Crippen LogP contribution in [0.15, 0.2) is 0 Å². The summed E-state index contributed by atoms with van der Waals surface area (Å²) in [7, 11) is 0. The first-order valence-corrected chi connectivity index (χ1v) is 7.87. The van der Waals surface area contributed by atoms with Gasteiger partial charge in [-0.3, -0.25) is 4.79 Å². The van der Waals surface area contributed by atoms with Gasteiger partial charge in [-0.1, -0.05) is 27.2 Å². The highest BCUT2D eigenvalue weighted by atomic mass is 16.1. The average Bonchev–Trinajstić information content (AvgIpc) is 2.39. The first kappa shape index (κ1) is 14.0. The number of hydrogen-bond acceptors (Lipinski definition) is 2. The van der Waals surface area contributed by atoms with Crippen molar-refractivity contribution in [2.24, 2.45) is 23.7 Å². The SMILES string of the molecule is CCC1CCNC(C2CC(C(C)C)CCC2=O)C1. The van der Waals surface area contributed by atoms with E-state index in [0.29, 0.717) is 17.7 Å². The molecule has 18 heavy (non-hydrogen) atoms. The van der Waals surface area contributed by atoms with Crippen molar-refractivity contribution in [2.75, 3.05) is 6.54 Å². The summed E-state index contributed by atoms with van der Waals surface area (Å²) in [4.78, 5) is 12.2. The maximum atomic E-state index is 12.2. The van der Waals surface area contributed by atoms with Gasteiger partial charge in [0.25, 0.3) is 0 Å². The Hall–Kier alpha value is -0.370. The van der Waals surface area contributed by atoms with Gasteiger partial charge in [0.2, 0.25) is 0 Å². The van der Waals surface area contributed by atoms with Gasteiger partial charge in [-0.15, -0.1) is 0 Å². The van der Waals surface area contributed by atoms with Crippen LogP contribution in [0.3, 0.4) is 0 Å². The van der Waals surface area contributed by atoms with E-state index in [1.165, 1.54) is 19.3 Å². The minimum absolute atomic E-state index is 0.306. The molecule has 2 heteroatoms. The van der Waals surface area contributed by atoms with Gasteiger partial charge in [-0.05, 0) is 50.0 Å². The Morgan fingerprint density at radius 2 is 2.06 bits per heavy atom. The molecule has 0 radical (unpaired) electrons. The lowest BCUT2D eigenvalue weighted by atomic mass is 9.70. The lowest BCUT2D eigenvalue weighted by molar-refractivity contribution is -0.127. The van der Waals surface area contributed by atoms with E-state index in [9.17, 15) is 4.79 Å². The summed E-state index contributed by atoms with van der Waals surface area (Å²) in [5, 5.41) is 3.62. The Morgan fingerprint density at radius 3 is 2.72 bits per heavy atom. The molecule has 0 aromatic heterocycles. The summed E-state index contributed by atoms with van der Waals surface area (Å²) < 4.78 is 0. The zero-order chi connectivity index (χ0) is 13.1. The predicted octanol–water partition coefficient (Wildman–Crippen LogP) is 3.41. The first-order valence-electron chi connectivity index (χ1n) is 7.87. The molecule has 4 atom stereocenters. The molecule has 1 heterocycles. The molecule has 1 N–H and O–H groups in total. The molecular weight excluding hydrogens is 222 g/mol. The van der Waals surface area contributed by atoms with Gasteiger partial charge < -0.3 is 5.32 Å². The highest BCUT2D eigenvalue weighted by Crippen LogP contribution is 2.36. The third-order valence-corrected chi connectivity index (χ3v) is 5.28. The molecule has 1 saturated heterocycles. The number of nitrogens with one attached hydrogen (secondary N) is 1. The molecule has 0 bridgehead atoms. The Morgan fingerprint density at radius 1 is 1.28 bits per heavy atom. The van der Waals surface area contributed by atoms with Crippen molar-refractivity contribution in [3.05, 3.63) is 0 Å². The smallest absolute Gasteiger partial charge is 0.137 e. The highest BCUT2D eigenvalue weighted by Gasteiger charge is 2.37. The number of carbonyl (C=O) groups is 1. The molecule has 2 aliphatic rings. The van der Waals surface area contributed by atoms with E-state index in [1.807, 2.05) is 0 Å². The fraction of sp³-hybridized carbons (Fsp3) is 0.938. The third kappa shape index (κ3) is 3.14. The summed E-state index contributed by atoms with van der Waals surface area (Å²) in [5.74, 6) is 3.16. The topological polar surface area (TPSA) is 29.1 Å². The Bertz CT molecular complexity index is 287. The standard InChI is InChI=1S/C16H29NO/c1-4-12-7-8-17-15(9-12)14-10-13(11(2)3)5-6-16(14)18/h11-15,17H,4-10H2,1-3H3. The number of hydrogen-bond donors (Lipinski definition) is 1. The molecule has 2 rings (SSSR count). The van der Waals surface area contributed by atoms with Gasteiger partial charge in [0.1, 0.15) is 5.78 Å². The van der Waals surface area contributed by atoms with Gasteiger partial charge in [0.15, 0.2) is 0 Å². The summed E-state index contributed by atoms with van der Waals surface area (Å²) in [5.41, 5.74) is 0. The second kappa shape index (κ2) is 6.18. The van der Waals surface area contributed by atoms with Crippen LogP contribution in [0.1, 0.15) is 59.3 Å². The van der Waals surface area contributed by atoms with Crippen LogP contribution in [0.2, 0.25) is 0 Å². The zero-order valence-electron chi connectivity index (χ0n) is 12.2. The second-order valence-electron chi connectivity index (χ2n) is 6.71.